The van der Waals surface area contributed by atoms with Gasteiger partial charge in [-0.25, -0.2) is 9.78 Å². The van der Waals surface area contributed by atoms with Crippen LogP contribution in [-0.2, 0) is 4.79 Å². The van der Waals surface area contributed by atoms with Crippen molar-refractivity contribution in [2.75, 3.05) is 5.43 Å². The van der Waals surface area contributed by atoms with Crippen molar-refractivity contribution in [1.29, 1.82) is 0 Å². The Kier molecular flexibility index (Phi) is 3.64. The molecule has 2 N–H and O–H groups in total. The Morgan fingerprint density at radius 1 is 1.56 bits per heavy atom. The maximum atomic E-state index is 11.0. The molecule has 0 amide bonds. The Labute approximate surface area is 98.2 Å². The van der Waals surface area contributed by atoms with E-state index in [0.29, 0.717) is 5.13 Å². The Morgan fingerprint density at radius 2 is 2.19 bits per heavy atom. The van der Waals surface area contributed by atoms with Crippen LogP contribution in [0.15, 0.2) is 10.5 Å². The summed E-state index contributed by atoms with van der Waals surface area (Å²) in [5.41, 5.74) is 3.13. The minimum absolute atomic E-state index is 0.0837. The molecule has 0 saturated heterocycles. The van der Waals surface area contributed by atoms with E-state index in [2.05, 4.69) is 15.5 Å². The number of aryl methyl sites for hydroxylation is 1. The Bertz CT molecular complexity index is 418. The van der Waals surface area contributed by atoms with Crippen LogP contribution in [0.3, 0.4) is 0 Å². The van der Waals surface area contributed by atoms with Crippen LogP contribution < -0.4 is 5.43 Å². The summed E-state index contributed by atoms with van der Waals surface area (Å²) in [5, 5.41) is 15.4. The van der Waals surface area contributed by atoms with E-state index in [9.17, 15) is 4.79 Å². The zero-order valence-corrected chi connectivity index (χ0v) is 10.6. The maximum absolute atomic E-state index is 11.0. The molecule has 1 aromatic rings. The molecule has 0 aliphatic carbocycles. The van der Waals surface area contributed by atoms with E-state index >= 15 is 0 Å². The Morgan fingerprint density at radius 3 is 2.56 bits per heavy atom. The van der Waals surface area contributed by atoms with E-state index in [1.165, 1.54) is 11.3 Å². The third-order valence-electron chi connectivity index (χ3n) is 1.80. The fraction of sp³-hybridized carbons (Fsp3) is 0.500. The van der Waals surface area contributed by atoms with Gasteiger partial charge in [0.1, 0.15) is 0 Å². The number of hydrogen-bond donors (Lipinski definition) is 2. The van der Waals surface area contributed by atoms with Crippen molar-refractivity contribution in [3.63, 3.8) is 0 Å². The van der Waals surface area contributed by atoms with Crippen LogP contribution in [0.2, 0.25) is 0 Å². The number of hydrazone groups is 1. The number of nitrogens with zero attached hydrogens (tertiary/aromatic N) is 2. The first kappa shape index (κ1) is 12.6. The second-order valence-electron chi connectivity index (χ2n) is 4.42. The minimum Gasteiger partial charge on any atom is -0.477 e. The summed E-state index contributed by atoms with van der Waals surface area (Å²) in [4.78, 5) is 15.1. The highest BCUT2D eigenvalue weighted by atomic mass is 32.1. The van der Waals surface area contributed by atoms with Crippen molar-refractivity contribution in [2.45, 2.75) is 27.7 Å². The van der Waals surface area contributed by atoms with Gasteiger partial charge in [0.2, 0.25) is 5.13 Å². The fourth-order valence-electron chi connectivity index (χ4n) is 1.05. The molecule has 0 aliphatic rings. The number of carboxylic acids is 1. The lowest BCUT2D eigenvalue weighted by molar-refractivity contribution is -0.129. The van der Waals surface area contributed by atoms with Crippen LogP contribution in [0.5, 0.6) is 0 Å². The number of aromatic nitrogens is 1. The van der Waals surface area contributed by atoms with Gasteiger partial charge in [0, 0.05) is 10.8 Å². The lowest BCUT2D eigenvalue weighted by Crippen LogP contribution is -2.29. The van der Waals surface area contributed by atoms with Crippen LogP contribution in [0.4, 0.5) is 5.13 Å². The molecule has 0 fully saturated rings. The van der Waals surface area contributed by atoms with Gasteiger partial charge in [0.25, 0.3) is 0 Å². The first-order valence-corrected chi connectivity index (χ1v) is 5.68. The Hall–Kier alpha value is -1.43. The van der Waals surface area contributed by atoms with Crippen molar-refractivity contribution >= 4 is 28.1 Å². The zero-order chi connectivity index (χ0) is 12.3. The van der Waals surface area contributed by atoms with E-state index < -0.39 is 11.4 Å². The van der Waals surface area contributed by atoms with Crippen molar-refractivity contribution in [1.82, 2.24) is 4.98 Å². The minimum atomic E-state index is -1.02. The molecule has 1 aromatic heterocycles. The molecule has 16 heavy (non-hydrogen) atoms. The number of hydrogen-bond acceptors (Lipinski definition) is 5. The molecule has 0 aliphatic heterocycles. The summed E-state index contributed by atoms with van der Waals surface area (Å²) >= 11 is 1.39. The smallest absolute Gasteiger partial charge is 0.352 e. The SMILES string of the molecule is Cc1csc(N/N=C(\C(=O)O)C(C)(C)C)n1. The lowest BCUT2D eigenvalue weighted by atomic mass is 9.90. The van der Waals surface area contributed by atoms with Crippen LogP contribution in [0.25, 0.3) is 0 Å². The predicted molar refractivity (Wildman–Crippen MR) is 65.0 cm³/mol. The zero-order valence-electron chi connectivity index (χ0n) is 9.74. The number of thiazole rings is 1. The van der Waals surface area contributed by atoms with Gasteiger partial charge in [-0.1, -0.05) is 20.8 Å². The third kappa shape index (κ3) is 3.30. The summed E-state index contributed by atoms with van der Waals surface area (Å²) in [5.74, 6) is -1.02. The quantitative estimate of drug-likeness (QED) is 0.629. The second-order valence-corrected chi connectivity index (χ2v) is 5.28. The van der Waals surface area contributed by atoms with Gasteiger partial charge in [-0.3, -0.25) is 5.43 Å². The first-order valence-electron chi connectivity index (χ1n) is 4.80. The lowest BCUT2D eigenvalue weighted by Gasteiger charge is -2.17. The molecule has 0 radical (unpaired) electrons. The van der Waals surface area contributed by atoms with E-state index in [1.807, 2.05) is 12.3 Å². The standard InChI is InChI=1S/C10H15N3O2S/c1-6-5-16-9(11-6)13-12-7(8(14)15)10(2,3)4/h5H,1-4H3,(H,11,13)(H,14,15)/b12-7+. The number of nitrogens with one attached hydrogen (secondary N) is 1. The number of rotatable bonds is 3. The van der Waals surface area contributed by atoms with Gasteiger partial charge in [0.15, 0.2) is 5.71 Å². The van der Waals surface area contributed by atoms with Gasteiger partial charge in [-0.2, -0.15) is 5.10 Å². The second kappa shape index (κ2) is 4.61. The molecular weight excluding hydrogens is 226 g/mol. The van der Waals surface area contributed by atoms with Crippen LogP contribution >= 0.6 is 11.3 Å². The van der Waals surface area contributed by atoms with Crippen molar-refractivity contribution < 1.29 is 9.90 Å². The van der Waals surface area contributed by atoms with Crippen molar-refractivity contribution in [3.8, 4) is 0 Å². The summed E-state index contributed by atoms with van der Waals surface area (Å²) < 4.78 is 0. The van der Waals surface area contributed by atoms with E-state index in [1.54, 1.807) is 20.8 Å². The van der Waals surface area contributed by atoms with E-state index in [4.69, 9.17) is 5.11 Å². The fourth-order valence-corrected chi connectivity index (χ4v) is 1.68. The molecule has 0 atom stereocenters. The predicted octanol–water partition coefficient (Wildman–Crippen LogP) is 2.35. The molecule has 6 heteroatoms. The molecule has 0 saturated carbocycles. The molecule has 88 valence electrons. The normalized spacial score (nSPS) is 12.6. The average molecular weight is 241 g/mol. The topological polar surface area (TPSA) is 74.6 Å². The van der Waals surface area contributed by atoms with E-state index in [-0.39, 0.29) is 5.71 Å². The highest BCUT2D eigenvalue weighted by Crippen LogP contribution is 2.18. The Balaban J connectivity index is 2.85. The van der Waals surface area contributed by atoms with Crippen molar-refractivity contribution in [3.05, 3.63) is 11.1 Å². The molecule has 0 spiro atoms. The monoisotopic (exact) mass is 241 g/mol. The molecule has 0 aromatic carbocycles. The largest absolute Gasteiger partial charge is 0.477 e. The van der Waals surface area contributed by atoms with Crippen LogP contribution in [-0.4, -0.2) is 21.8 Å². The first-order chi connectivity index (χ1) is 7.30. The molecule has 0 bridgehead atoms. The van der Waals surface area contributed by atoms with E-state index in [0.717, 1.165) is 5.69 Å². The van der Waals surface area contributed by atoms with Gasteiger partial charge in [-0.05, 0) is 6.92 Å². The molecular formula is C10H15N3O2S. The molecule has 0 unspecified atom stereocenters. The summed E-state index contributed by atoms with van der Waals surface area (Å²) in [6.45, 7) is 7.27. The maximum Gasteiger partial charge on any atom is 0.352 e. The number of carbonyl (C=O) groups is 1. The molecule has 5 nitrogen and oxygen atoms in total. The van der Waals surface area contributed by atoms with Gasteiger partial charge in [-0.15, -0.1) is 11.3 Å². The molecule has 1 heterocycles. The number of aliphatic carboxylic acids is 1. The van der Waals surface area contributed by atoms with Crippen molar-refractivity contribution in [2.24, 2.45) is 10.5 Å². The van der Waals surface area contributed by atoms with Crippen LogP contribution in [0.1, 0.15) is 26.5 Å². The number of anilines is 1. The highest BCUT2D eigenvalue weighted by Gasteiger charge is 2.25. The van der Waals surface area contributed by atoms with Gasteiger partial charge >= 0.3 is 5.97 Å². The summed E-state index contributed by atoms with van der Waals surface area (Å²) in [7, 11) is 0. The van der Waals surface area contributed by atoms with Crippen LogP contribution in [0, 0.1) is 12.3 Å². The highest BCUT2D eigenvalue weighted by molar-refractivity contribution is 7.13. The third-order valence-corrected chi connectivity index (χ3v) is 2.66. The van der Waals surface area contributed by atoms with Gasteiger partial charge < -0.3 is 5.11 Å². The van der Waals surface area contributed by atoms with Gasteiger partial charge in [0.05, 0.1) is 5.69 Å². The molecule has 1 rings (SSSR count). The number of carboxylic acid groups (broad SMARTS) is 1. The summed E-state index contributed by atoms with van der Waals surface area (Å²) in [6.07, 6.45) is 0. The average Bonchev–Trinajstić information content (AvgIpc) is 2.48. The summed E-state index contributed by atoms with van der Waals surface area (Å²) in [6, 6.07) is 0.